The van der Waals surface area contributed by atoms with Crippen LogP contribution in [0.15, 0.2) is 30.3 Å². The van der Waals surface area contributed by atoms with Crippen LogP contribution in [0.25, 0.3) is 11.1 Å². The Morgan fingerprint density at radius 1 is 1.24 bits per heavy atom. The van der Waals surface area contributed by atoms with Crippen molar-refractivity contribution in [2.45, 2.75) is 53.0 Å². The third-order valence-corrected chi connectivity index (χ3v) is 4.13. The Morgan fingerprint density at radius 3 is 2.48 bits per heavy atom. The van der Waals surface area contributed by atoms with Crippen LogP contribution in [0.1, 0.15) is 68.9 Å². The van der Waals surface area contributed by atoms with Crippen molar-refractivity contribution in [3.05, 3.63) is 52.2 Å². The van der Waals surface area contributed by atoms with Gasteiger partial charge in [0.2, 0.25) is 0 Å². The summed E-state index contributed by atoms with van der Waals surface area (Å²) >= 11 is 0. The molecule has 0 aromatic carbocycles. The van der Waals surface area contributed by atoms with E-state index in [4.69, 9.17) is 4.74 Å². The van der Waals surface area contributed by atoms with Crippen LogP contribution in [-0.4, -0.2) is 29.1 Å². The first-order chi connectivity index (χ1) is 11.6. The van der Waals surface area contributed by atoms with Crippen molar-refractivity contribution < 1.29 is 14.3 Å². The van der Waals surface area contributed by atoms with Gasteiger partial charge in [-0.3, -0.25) is 0 Å². The zero-order chi connectivity index (χ0) is 18.8. The van der Waals surface area contributed by atoms with Gasteiger partial charge in [-0.2, -0.15) is 0 Å². The number of carbonyl (C=O) groups is 1. The van der Waals surface area contributed by atoms with Gasteiger partial charge >= 0.3 is 5.97 Å². The molecule has 2 aliphatic carbocycles. The van der Waals surface area contributed by atoms with Crippen molar-refractivity contribution in [3.63, 3.8) is 0 Å². The summed E-state index contributed by atoms with van der Waals surface area (Å²) in [6.45, 7) is 11.9. The van der Waals surface area contributed by atoms with E-state index in [1.165, 1.54) is 0 Å². The van der Waals surface area contributed by atoms with Gasteiger partial charge in [0, 0.05) is 26.3 Å². The molecule has 0 saturated carbocycles. The van der Waals surface area contributed by atoms with Crippen LogP contribution in [0.5, 0.6) is 0 Å². The van der Waals surface area contributed by atoms with E-state index in [-0.39, 0.29) is 5.97 Å². The molecule has 2 rings (SSSR count). The van der Waals surface area contributed by atoms with Gasteiger partial charge in [-0.25, -0.2) is 9.53 Å². The van der Waals surface area contributed by atoms with Gasteiger partial charge in [0.25, 0.3) is 0 Å². The first-order valence-electron chi connectivity index (χ1n) is 8.70. The maximum Gasteiger partial charge on any atom is 0.338 e. The first kappa shape index (κ1) is 19.0. The van der Waals surface area contributed by atoms with Crippen LogP contribution >= 0.6 is 0 Å². The Bertz CT molecular complexity index is 769. The Labute approximate surface area is 150 Å². The van der Waals surface area contributed by atoms with Crippen molar-refractivity contribution in [1.29, 1.82) is 0 Å². The molecule has 0 aromatic rings. The lowest BCUT2D eigenvalue weighted by Gasteiger charge is -2.18. The van der Waals surface area contributed by atoms with Gasteiger partial charge in [0.05, 0.1) is 12.2 Å². The van der Waals surface area contributed by atoms with E-state index in [9.17, 15) is 10.0 Å². The molecule has 0 aliphatic heterocycles. The molecule has 0 spiro atoms. The smallest absolute Gasteiger partial charge is 0.338 e. The van der Waals surface area contributed by atoms with E-state index >= 15 is 0 Å². The van der Waals surface area contributed by atoms with Gasteiger partial charge in [0.15, 0.2) is 11.8 Å². The van der Waals surface area contributed by atoms with Crippen molar-refractivity contribution >= 4 is 12.2 Å². The number of esters is 1. The Hall–Kier alpha value is -2.36. The topological polar surface area (TPSA) is 52.4 Å². The predicted molar refractivity (Wildman–Crippen MR) is 102 cm³/mol. The standard InChI is InChI=1S/C21H27NO3/c1-7-25-20(23)19-12-16(13-22(24)21(4,5)6)18-11-15(14(2)3)9-8-10-17(18)19/h8-14H,7H2,1-6H3/b22-13-. The molecule has 0 fully saturated rings. The average molecular weight is 341 g/mol. The van der Waals surface area contributed by atoms with E-state index in [0.29, 0.717) is 18.1 Å². The zero-order valence-electron chi connectivity index (χ0n) is 15.9. The molecule has 0 aromatic heterocycles. The molecule has 0 bridgehead atoms. The summed E-state index contributed by atoms with van der Waals surface area (Å²) in [4.78, 5) is 12.3. The van der Waals surface area contributed by atoms with Gasteiger partial charge in [0.1, 0.15) is 0 Å². The highest BCUT2D eigenvalue weighted by atomic mass is 16.5. The number of hydrogen-bond acceptors (Lipinski definition) is 3. The highest BCUT2D eigenvalue weighted by molar-refractivity contribution is 6.04. The maximum absolute atomic E-state index is 12.4. The molecule has 4 heteroatoms. The number of rotatable bonds is 4. The fraction of sp³-hybridized carbons (Fsp3) is 0.429. The molecule has 25 heavy (non-hydrogen) atoms. The molecular formula is C21H27NO3. The average Bonchev–Trinajstić information content (AvgIpc) is 2.69. The minimum Gasteiger partial charge on any atom is -0.623 e. The van der Waals surface area contributed by atoms with Crippen LogP contribution in [0.3, 0.4) is 0 Å². The van der Waals surface area contributed by atoms with E-state index in [1.54, 1.807) is 19.2 Å². The first-order valence-corrected chi connectivity index (χ1v) is 8.70. The van der Waals surface area contributed by atoms with Gasteiger partial charge in [-0.15, -0.1) is 0 Å². The molecule has 0 saturated heterocycles. The number of carbonyl (C=O) groups excluding carboxylic acids is 1. The predicted octanol–water partition coefficient (Wildman–Crippen LogP) is 4.82. The monoisotopic (exact) mass is 341 g/mol. The molecule has 4 nitrogen and oxygen atoms in total. The summed E-state index contributed by atoms with van der Waals surface area (Å²) in [6.07, 6.45) is 1.56. The maximum atomic E-state index is 12.4. The van der Waals surface area contributed by atoms with E-state index in [2.05, 4.69) is 19.9 Å². The lowest BCUT2D eigenvalue weighted by Crippen LogP contribution is -2.29. The fourth-order valence-electron chi connectivity index (χ4n) is 2.59. The second-order valence-corrected chi connectivity index (χ2v) is 7.51. The SMILES string of the molecule is CCOC(=O)c1cc(/C=[N+](\[O-])C(C)(C)C)c2cc(C(C)C)cccc1-2. The molecular weight excluding hydrogens is 314 g/mol. The summed E-state index contributed by atoms with van der Waals surface area (Å²) in [7, 11) is 0. The number of ether oxygens (including phenoxy) is 1. The van der Waals surface area contributed by atoms with Crippen molar-refractivity contribution in [3.8, 4) is 11.1 Å². The van der Waals surface area contributed by atoms with Crippen LogP contribution in [0.4, 0.5) is 0 Å². The summed E-state index contributed by atoms with van der Waals surface area (Å²) in [5.41, 5.74) is 3.53. The van der Waals surface area contributed by atoms with E-state index in [1.807, 2.05) is 39.0 Å². The van der Waals surface area contributed by atoms with Crippen molar-refractivity contribution in [1.82, 2.24) is 0 Å². The molecule has 0 amide bonds. The van der Waals surface area contributed by atoms with E-state index < -0.39 is 5.54 Å². The van der Waals surface area contributed by atoms with Crippen LogP contribution in [-0.2, 0) is 4.74 Å². The minimum atomic E-state index is -0.550. The molecule has 0 radical (unpaired) electrons. The Kier molecular flexibility index (Phi) is 5.51. The van der Waals surface area contributed by atoms with E-state index in [0.717, 1.165) is 27.0 Å². The Balaban J connectivity index is 2.70. The highest BCUT2D eigenvalue weighted by Gasteiger charge is 2.24. The highest BCUT2D eigenvalue weighted by Crippen LogP contribution is 2.34. The quantitative estimate of drug-likeness (QED) is 0.263. The van der Waals surface area contributed by atoms with Crippen LogP contribution < -0.4 is 0 Å². The molecule has 0 heterocycles. The summed E-state index contributed by atoms with van der Waals surface area (Å²) in [6, 6.07) is 9.72. The second kappa shape index (κ2) is 7.26. The lowest BCUT2D eigenvalue weighted by atomic mass is 10.0. The number of fused-ring (bicyclic) bond motifs is 1. The van der Waals surface area contributed by atoms with Crippen LogP contribution in [0.2, 0.25) is 0 Å². The fourth-order valence-corrected chi connectivity index (χ4v) is 2.59. The van der Waals surface area contributed by atoms with Gasteiger partial charge < -0.3 is 9.94 Å². The molecule has 0 atom stereocenters. The number of nitrogens with zero attached hydrogens (tertiary/aromatic N) is 1. The number of hydroxylamine groups is 1. The normalized spacial score (nSPS) is 12.7. The molecule has 2 aliphatic rings. The molecule has 134 valence electrons. The molecule has 0 unspecified atom stereocenters. The van der Waals surface area contributed by atoms with Crippen LogP contribution in [0, 0.1) is 5.21 Å². The zero-order valence-corrected chi connectivity index (χ0v) is 15.9. The summed E-state index contributed by atoms with van der Waals surface area (Å²) in [5, 5.41) is 12.4. The van der Waals surface area contributed by atoms with Crippen molar-refractivity contribution in [2.75, 3.05) is 6.61 Å². The minimum absolute atomic E-state index is 0.316. The van der Waals surface area contributed by atoms with Crippen molar-refractivity contribution in [2.24, 2.45) is 0 Å². The van der Waals surface area contributed by atoms with Gasteiger partial charge in [-0.05, 0) is 35.6 Å². The Morgan fingerprint density at radius 2 is 1.92 bits per heavy atom. The molecule has 0 N–H and O–H groups in total. The second-order valence-electron chi connectivity index (χ2n) is 7.51. The third kappa shape index (κ3) is 4.19. The largest absolute Gasteiger partial charge is 0.623 e. The summed E-state index contributed by atoms with van der Waals surface area (Å²) in [5.74, 6) is -0.0204. The third-order valence-electron chi connectivity index (χ3n) is 4.13. The number of hydrogen-bond donors (Lipinski definition) is 0. The van der Waals surface area contributed by atoms with Gasteiger partial charge in [-0.1, -0.05) is 38.1 Å². The summed E-state index contributed by atoms with van der Waals surface area (Å²) < 4.78 is 6.11. The lowest BCUT2D eigenvalue weighted by molar-refractivity contribution is -0.530.